The number of pyridine rings is 1. The minimum absolute atomic E-state index is 0.00581. The van der Waals surface area contributed by atoms with E-state index in [0.717, 1.165) is 17.5 Å². The average Bonchev–Trinajstić information content (AvgIpc) is 2.88. The van der Waals surface area contributed by atoms with Crippen LogP contribution in [0, 0.1) is 0 Å². The summed E-state index contributed by atoms with van der Waals surface area (Å²) in [5.74, 6) is 0.524. The Morgan fingerprint density at radius 3 is 2.79 bits per heavy atom. The monoisotopic (exact) mass is 388 g/mol. The molecule has 3 heterocycles. The van der Waals surface area contributed by atoms with Gasteiger partial charge in [0.2, 0.25) is 11.8 Å². The van der Waals surface area contributed by atoms with Crippen LogP contribution in [-0.2, 0) is 16.1 Å². The summed E-state index contributed by atoms with van der Waals surface area (Å²) in [7, 11) is 1.90. The highest BCUT2D eigenvalue weighted by Gasteiger charge is 2.18. The Labute approximate surface area is 170 Å². The minimum atomic E-state index is -0.0646. The highest BCUT2D eigenvalue weighted by Crippen LogP contribution is 2.23. The number of hydrogen-bond donors (Lipinski definition) is 1. The fourth-order valence-corrected chi connectivity index (χ4v) is 3.67. The van der Waals surface area contributed by atoms with Crippen LogP contribution in [0.1, 0.15) is 23.1 Å². The summed E-state index contributed by atoms with van der Waals surface area (Å²) in [5.41, 5.74) is 4.31. The van der Waals surface area contributed by atoms with Gasteiger partial charge in [-0.05, 0) is 42.3 Å². The summed E-state index contributed by atoms with van der Waals surface area (Å²) >= 11 is 0. The number of amides is 2. The summed E-state index contributed by atoms with van der Waals surface area (Å²) in [6.45, 7) is 2.30. The molecule has 1 aromatic carbocycles. The zero-order chi connectivity index (χ0) is 20.2. The lowest BCUT2D eigenvalue weighted by atomic mass is 9.99. The Balaban J connectivity index is 1.42. The van der Waals surface area contributed by atoms with Crippen molar-refractivity contribution in [1.29, 1.82) is 0 Å². The smallest absolute Gasteiger partial charge is 0.246 e. The summed E-state index contributed by atoms with van der Waals surface area (Å²) < 4.78 is 0. The number of anilines is 1. The Morgan fingerprint density at radius 2 is 2.03 bits per heavy atom. The van der Waals surface area contributed by atoms with Crippen molar-refractivity contribution >= 4 is 29.3 Å². The van der Waals surface area contributed by atoms with Gasteiger partial charge in [-0.2, -0.15) is 0 Å². The molecule has 1 aromatic heterocycles. The van der Waals surface area contributed by atoms with Crippen molar-refractivity contribution in [1.82, 2.24) is 14.8 Å². The van der Waals surface area contributed by atoms with Gasteiger partial charge in [0.05, 0.1) is 6.54 Å². The highest BCUT2D eigenvalue weighted by molar-refractivity contribution is 5.94. The fraction of sp³-hybridized carbons (Fsp3) is 0.261. The van der Waals surface area contributed by atoms with Gasteiger partial charge in [-0.15, -0.1) is 0 Å². The number of benzene rings is 1. The van der Waals surface area contributed by atoms with Crippen molar-refractivity contribution in [3.8, 4) is 0 Å². The van der Waals surface area contributed by atoms with Gasteiger partial charge in [0.25, 0.3) is 0 Å². The molecule has 0 atom stereocenters. The summed E-state index contributed by atoms with van der Waals surface area (Å²) in [6, 6.07) is 12.3. The molecule has 0 bridgehead atoms. The molecule has 0 saturated carbocycles. The largest absolute Gasteiger partial charge is 0.335 e. The van der Waals surface area contributed by atoms with E-state index in [4.69, 9.17) is 0 Å². The van der Waals surface area contributed by atoms with Crippen molar-refractivity contribution in [3.63, 3.8) is 0 Å². The molecule has 2 aromatic rings. The van der Waals surface area contributed by atoms with E-state index in [1.807, 2.05) is 41.1 Å². The average molecular weight is 388 g/mol. The molecular weight excluding hydrogens is 364 g/mol. The van der Waals surface area contributed by atoms with Crippen LogP contribution in [0.4, 0.5) is 5.82 Å². The first-order valence-corrected chi connectivity index (χ1v) is 9.77. The Morgan fingerprint density at radius 1 is 1.21 bits per heavy atom. The Bertz CT molecular complexity index is 982. The normalized spacial score (nSPS) is 17.5. The first-order chi connectivity index (χ1) is 14.1. The van der Waals surface area contributed by atoms with Crippen molar-refractivity contribution in [2.24, 2.45) is 0 Å². The van der Waals surface area contributed by atoms with Crippen LogP contribution in [0.25, 0.3) is 11.6 Å². The van der Waals surface area contributed by atoms with Crippen LogP contribution in [0.3, 0.4) is 0 Å². The maximum absolute atomic E-state index is 12.6. The van der Waals surface area contributed by atoms with Crippen molar-refractivity contribution in [2.45, 2.75) is 13.0 Å². The molecule has 0 saturated heterocycles. The lowest BCUT2D eigenvalue weighted by Gasteiger charge is -2.25. The summed E-state index contributed by atoms with van der Waals surface area (Å²) in [4.78, 5) is 32.5. The second-order valence-electron chi connectivity index (χ2n) is 7.46. The van der Waals surface area contributed by atoms with Gasteiger partial charge >= 0.3 is 0 Å². The predicted molar refractivity (Wildman–Crippen MR) is 114 cm³/mol. The lowest BCUT2D eigenvalue weighted by molar-refractivity contribution is -0.125. The van der Waals surface area contributed by atoms with E-state index in [-0.39, 0.29) is 11.8 Å². The molecule has 2 amide bonds. The topological polar surface area (TPSA) is 65.5 Å². The van der Waals surface area contributed by atoms with Crippen LogP contribution in [0.5, 0.6) is 0 Å². The number of carbonyl (C=O) groups excluding carboxylic acids is 2. The number of fused-ring (bicyclic) bond motifs is 1. The zero-order valence-electron chi connectivity index (χ0n) is 16.5. The van der Waals surface area contributed by atoms with Crippen LogP contribution < -0.4 is 5.32 Å². The number of rotatable bonds is 3. The number of carbonyl (C=O) groups is 2. The maximum Gasteiger partial charge on any atom is 0.246 e. The first kappa shape index (κ1) is 19.1. The quantitative estimate of drug-likeness (QED) is 0.822. The van der Waals surface area contributed by atoms with Crippen LogP contribution >= 0.6 is 0 Å². The third-order valence-corrected chi connectivity index (χ3v) is 5.18. The van der Waals surface area contributed by atoms with E-state index in [9.17, 15) is 9.59 Å². The van der Waals surface area contributed by atoms with E-state index < -0.39 is 0 Å². The third-order valence-electron chi connectivity index (χ3n) is 5.18. The first-order valence-electron chi connectivity index (χ1n) is 9.77. The molecule has 1 N–H and O–H groups in total. The van der Waals surface area contributed by atoms with E-state index in [1.54, 1.807) is 18.3 Å². The fourth-order valence-electron chi connectivity index (χ4n) is 3.67. The lowest BCUT2D eigenvalue weighted by Crippen LogP contribution is -2.33. The molecule has 0 unspecified atom stereocenters. The molecule has 0 aliphatic carbocycles. The van der Waals surface area contributed by atoms with Crippen molar-refractivity contribution in [3.05, 3.63) is 71.4 Å². The molecule has 148 valence electrons. The number of nitrogens with zero attached hydrogens (tertiary/aromatic N) is 3. The summed E-state index contributed by atoms with van der Waals surface area (Å²) in [6.07, 6.45) is 8.06. The molecule has 0 spiro atoms. The van der Waals surface area contributed by atoms with Crippen LogP contribution in [0.2, 0.25) is 0 Å². The molecule has 0 radical (unpaired) electrons. The number of nitrogens with one attached hydrogen (secondary N) is 1. The highest BCUT2D eigenvalue weighted by atomic mass is 16.2. The maximum atomic E-state index is 12.6. The van der Waals surface area contributed by atoms with Gasteiger partial charge in [-0.25, -0.2) is 4.98 Å². The second-order valence-corrected chi connectivity index (χ2v) is 7.46. The third kappa shape index (κ3) is 4.60. The molecule has 29 heavy (non-hydrogen) atoms. The van der Waals surface area contributed by atoms with E-state index in [1.165, 1.54) is 11.1 Å². The Kier molecular flexibility index (Phi) is 5.53. The van der Waals surface area contributed by atoms with E-state index >= 15 is 0 Å². The molecule has 2 aliphatic heterocycles. The van der Waals surface area contributed by atoms with Crippen molar-refractivity contribution < 1.29 is 9.59 Å². The molecular formula is C23H24N4O2. The zero-order valence-corrected chi connectivity index (χ0v) is 16.5. The van der Waals surface area contributed by atoms with Crippen LogP contribution in [-0.4, -0.2) is 53.3 Å². The SMILES string of the molecule is CN1CC(=O)Nc2ncc(/C=C/C(=O)N3CC=C(c4ccccc4)CC3)cc2C1. The van der Waals surface area contributed by atoms with Gasteiger partial charge in [-0.3, -0.25) is 14.5 Å². The van der Waals surface area contributed by atoms with E-state index in [0.29, 0.717) is 32.0 Å². The van der Waals surface area contributed by atoms with Gasteiger partial charge in [-0.1, -0.05) is 36.4 Å². The predicted octanol–water partition coefficient (Wildman–Crippen LogP) is 2.79. The summed E-state index contributed by atoms with van der Waals surface area (Å²) in [5, 5.41) is 2.82. The van der Waals surface area contributed by atoms with Gasteiger partial charge in [0, 0.05) is 37.5 Å². The Hall–Kier alpha value is -3.25. The van der Waals surface area contributed by atoms with Crippen LogP contribution in [0.15, 0.2) is 54.7 Å². The number of hydrogen-bond acceptors (Lipinski definition) is 4. The molecule has 6 nitrogen and oxygen atoms in total. The molecule has 6 heteroatoms. The van der Waals surface area contributed by atoms with Crippen molar-refractivity contribution in [2.75, 3.05) is 32.0 Å². The number of likely N-dealkylation sites (N-methyl/N-ethyl adjacent to an activating group) is 1. The minimum Gasteiger partial charge on any atom is -0.335 e. The second kappa shape index (κ2) is 8.41. The molecule has 2 aliphatic rings. The molecule has 4 rings (SSSR count). The molecule has 0 fully saturated rings. The van der Waals surface area contributed by atoms with Gasteiger partial charge < -0.3 is 10.2 Å². The van der Waals surface area contributed by atoms with E-state index in [2.05, 4.69) is 28.5 Å². The standard InChI is InChI=1S/C23H24N4O2/c1-26-15-20-13-17(14-24-23(20)25-21(28)16-26)7-8-22(29)27-11-9-19(10-12-27)18-5-3-2-4-6-18/h2-9,13-14H,10-12,15-16H2,1H3,(H,24,25,28)/b8-7+. The number of aromatic nitrogens is 1. The van der Waals surface area contributed by atoms with Gasteiger partial charge in [0.15, 0.2) is 0 Å². The van der Waals surface area contributed by atoms with Gasteiger partial charge in [0.1, 0.15) is 5.82 Å².